The van der Waals surface area contributed by atoms with Gasteiger partial charge in [0.15, 0.2) is 11.7 Å². The average Bonchev–Trinajstić information content (AvgIpc) is 3.16. The molecule has 0 spiro atoms. The van der Waals surface area contributed by atoms with Crippen LogP contribution in [0.2, 0.25) is 5.02 Å². The summed E-state index contributed by atoms with van der Waals surface area (Å²) in [6.07, 6.45) is 0. The second-order valence-electron chi connectivity index (χ2n) is 5.55. The summed E-state index contributed by atoms with van der Waals surface area (Å²) in [5, 5.41) is 14.7. The fourth-order valence-electron chi connectivity index (χ4n) is 2.26. The lowest BCUT2D eigenvalue weighted by atomic mass is 10.2. The van der Waals surface area contributed by atoms with Crippen molar-refractivity contribution >= 4 is 39.9 Å². The summed E-state index contributed by atoms with van der Waals surface area (Å²) in [6.45, 7) is -0.526. The molecule has 3 aromatic rings. The van der Waals surface area contributed by atoms with Crippen molar-refractivity contribution in [2.45, 2.75) is 0 Å². The predicted octanol–water partition coefficient (Wildman–Crippen LogP) is 3.97. The first kappa shape index (κ1) is 19.7. The maximum absolute atomic E-state index is 12.0. The number of amides is 1. The van der Waals surface area contributed by atoms with Gasteiger partial charge in [0.05, 0.1) is 12.8 Å². The maximum atomic E-state index is 12.0. The van der Waals surface area contributed by atoms with Gasteiger partial charge in [-0.2, -0.15) is 0 Å². The third-order valence-electron chi connectivity index (χ3n) is 3.65. The summed E-state index contributed by atoms with van der Waals surface area (Å²) in [5.74, 6) is -0.947. The number of phenolic OH excluding ortho intramolecular Hbond substituents is 1. The van der Waals surface area contributed by atoms with Gasteiger partial charge < -0.3 is 14.6 Å². The minimum Gasteiger partial charge on any atom is -0.507 e. The highest BCUT2D eigenvalue weighted by Gasteiger charge is 2.16. The van der Waals surface area contributed by atoms with Crippen LogP contribution in [0.3, 0.4) is 0 Å². The first-order chi connectivity index (χ1) is 13.5. The topological polar surface area (TPSA) is 97.8 Å². The van der Waals surface area contributed by atoms with Gasteiger partial charge in [0.2, 0.25) is 0 Å². The minimum atomic E-state index is -0.854. The Kier molecular flexibility index (Phi) is 6.13. The molecule has 0 aliphatic heterocycles. The number of thiazole rings is 1. The molecule has 0 unspecified atom stereocenters. The smallest absolute Gasteiger partial charge is 0.342 e. The Bertz CT molecular complexity index is 1000. The third-order valence-corrected chi connectivity index (χ3v) is 4.64. The molecule has 0 saturated heterocycles. The van der Waals surface area contributed by atoms with Crippen LogP contribution >= 0.6 is 22.9 Å². The molecule has 0 saturated carbocycles. The number of carbonyl (C=O) groups is 2. The summed E-state index contributed by atoms with van der Waals surface area (Å²) in [5.41, 5.74) is 1.46. The van der Waals surface area contributed by atoms with E-state index in [-0.39, 0.29) is 16.3 Å². The highest BCUT2D eigenvalue weighted by atomic mass is 35.5. The second kappa shape index (κ2) is 8.73. The van der Waals surface area contributed by atoms with E-state index in [1.54, 1.807) is 12.5 Å². The lowest BCUT2D eigenvalue weighted by Gasteiger charge is -2.06. The Morgan fingerprint density at radius 3 is 2.68 bits per heavy atom. The molecule has 0 bridgehead atoms. The molecule has 2 N–H and O–H groups in total. The molecule has 1 aromatic heterocycles. The van der Waals surface area contributed by atoms with Crippen LogP contribution in [0, 0.1) is 0 Å². The monoisotopic (exact) mass is 418 g/mol. The summed E-state index contributed by atoms with van der Waals surface area (Å²) in [4.78, 5) is 28.3. The van der Waals surface area contributed by atoms with E-state index in [0.29, 0.717) is 10.8 Å². The van der Waals surface area contributed by atoms with E-state index in [1.807, 2.05) is 24.3 Å². The number of nitrogens with one attached hydrogen (secondary N) is 1. The molecular weight excluding hydrogens is 404 g/mol. The molecule has 2 aromatic carbocycles. The van der Waals surface area contributed by atoms with Crippen molar-refractivity contribution < 1.29 is 24.2 Å². The molecule has 1 amide bonds. The summed E-state index contributed by atoms with van der Waals surface area (Å²) in [6, 6.07) is 11.3. The number of carbonyl (C=O) groups excluding carboxylic acids is 2. The number of aromatic nitrogens is 1. The highest BCUT2D eigenvalue weighted by molar-refractivity contribution is 7.14. The average molecular weight is 419 g/mol. The zero-order chi connectivity index (χ0) is 20.1. The number of nitrogens with zero attached hydrogens (tertiary/aromatic N) is 1. The van der Waals surface area contributed by atoms with Gasteiger partial charge in [0.25, 0.3) is 5.91 Å². The molecule has 0 fully saturated rings. The zero-order valence-electron chi connectivity index (χ0n) is 14.6. The van der Waals surface area contributed by atoms with Crippen molar-refractivity contribution in [3.63, 3.8) is 0 Å². The SMILES string of the molecule is COc1ccc(-c2csc(NC(=O)COC(=O)c3cc(Cl)ccc3O)n2)cc1. The summed E-state index contributed by atoms with van der Waals surface area (Å²) in [7, 11) is 1.59. The van der Waals surface area contributed by atoms with Crippen molar-refractivity contribution in [1.82, 2.24) is 4.98 Å². The van der Waals surface area contributed by atoms with Gasteiger partial charge in [-0.15, -0.1) is 11.3 Å². The van der Waals surface area contributed by atoms with Crippen LogP contribution in [0.5, 0.6) is 11.5 Å². The van der Waals surface area contributed by atoms with Crippen molar-refractivity contribution in [1.29, 1.82) is 0 Å². The molecule has 144 valence electrons. The number of rotatable bonds is 6. The van der Waals surface area contributed by atoms with Gasteiger partial charge >= 0.3 is 5.97 Å². The fraction of sp³-hybridized carbons (Fsp3) is 0.105. The molecule has 0 radical (unpaired) electrons. The molecule has 0 aliphatic carbocycles. The van der Waals surface area contributed by atoms with E-state index in [1.165, 1.54) is 29.5 Å². The van der Waals surface area contributed by atoms with Crippen LogP contribution in [0.4, 0.5) is 5.13 Å². The first-order valence-corrected chi connectivity index (χ1v) is 9.27. The number of benzene rings is 2. The van der Waals surface area contributed by atoms with Crippen molar-refractivity contribution in [2.75, 3.05) is 19.0 Å². The Hall–Kier alpha value is -3.10. The Morgan fingerprint density at radius 2 is 1.96 bits per heavy atom. The van der Waals surface area contributed by atoms with Crippen LogP contribution < -0.4 is 10.1 Å². The van der Waals surface area contributed by atoms with Gasteiger partial charge in [0, 0.05) is 16.0 Å². The van der Waals surface area contributed by atoms with Gasteiger partial charge in [0.1, 0.15) is 17.1 Å². The van der Waals surface area contributed by atoms with Crippen molar-refractivity contribution in [3.05, 3.63) is 58.4 Å². The Morgan fingerprint density at radius 1 is 1.21 bits per heavy atom. The first-order valence-electron chi connectivity index (χ1n) is 8.01. The standard InChI is InChI=1S/C19H15ClN2O5S/c1-26-13-5-2-11(3-6-13)15-10-28-19(21-15)22-17(24)9-27-18(25)14-8-12(20)4-7-16(14)23/h2-8,10,23H,9H2,1H3,(H,21,22,24). The van der Waals surface area contributed by atoms with Gasteiger partial charge in [-0.3, -0.25) is 10.1 Å². The number of anilines is 1. The summed E-state index contributed by atoms with van der Waals surface area (Å²) < 4.78 is 10.0. The number of ether oxygens (including phenoxy) is 2. The van der Waals surface area contributed by atoms with E-state index >= 15 is 0 Å². The number of aromatic hydroxyl groups is 1. The molecule has 0 atom stereocenters. The number of hydrogen-bond acceptors (Lipinski definition) is 7. The fourth-order valence-corrected chi connectivity index (χ4v) is 3.17. The minimum absolute atomic E-state index is 0.114. The third kappa shape index (κ3) is 4.79. The largest absolute Gasteiger partial charge is 0.507 e. The quantitative estimate of drug-likeness (QED) is 0.588. The van der Waals surface area contributed by atoms with E-state index in [0.717, 1.165) is 11.3 Å². The maximum Gasteiger partial charge on any atom is 0.342 e. The zero-order valence-corrected chi connectivity index (χ0v) is 16.2. The molecule has 0 aliphatic rings. The van der Waals surface area contributed by atoms with Gasteiger partial charge in [-0.25, -0.2) is 9.78 Å². The lowest BCUT2D eigenvalue weighted by molar-refractivity contribution is -0.119. The number of hydrogen-bond donors (Lipinski definition) is 2. The van der Waals surface area contributed by atoms with E-state index in [9.17, 15) is 14.7 Å². The van der Waals surface area contributed by atoms with Crippen LogP contribution in [0.1, 0.15) is 10.4 Å². The van der Waals surface area contributed by atoms with Crippen LogP contribution in [0.15, 0.2) is 47.8 Å². The van der Waals surface area contributed by atoms with Crippen molar-refractivity contribution in [3.8, 4) is 22.8 Å². The van der Waals surface area contributed by atoms with Crippen LogP contribution in [-0.4, -0.2) is 35.7 Å². The summed E-state index contributed by atoms with van der Waals surface area (Å²) >= 11 is 7.03. The number of phenols is 1. The Labute approximate surface area is 169 Å². The van der Waals surface area contributed by atoms with E-state index in [2.05, 4.69) is 10.3 Å². The molecule has 7 nitrogen and oxygen atoms in total. The second-order valence-corrected chi connectivity index (χ2v) is 6.85. The molecule has 1 heterocycles. The Balaban J connectivity index is 1.57. The molecular formula is C19H15ClN2O5S. The van der Waals surface area contributed by atoms with E-state index in [4.69, 9.17) is 21.1 Å². The van der Waals surface area contributed by atoms with Crippen LogP contribution in [-0.2, 0) is 9.53 Å². The van der Waals surface area contributed by atoms with Crippen LogP contribution in [0.25, 0.3) is 11.3 Å². The number of esters is 1. The number of halogens is 1. The normalized spacial score (nSPS) is 10.4. The molecule has 3 rings (SSSR count). The molecule has 28 heavy (non-hydrogen) atoms. The molecule has 9 heteroatoms. The van der Waals surface area contributed by atoms with Gasteiger partial charge in [-0.05, 0) is 42.5 Å². The van der Waals surface area contributed by atoms with Crippen molar-refractivity contribution in [2.24, 2.45) is 0 Å². The predicted molar refractivity (Wildman–Crippen MR) is 106 cm³/mol. The van der Waals surface area contributed by atoms with E-state index < -0.39 is 18.5 Å². The highest BCUT2D eigenvalue weighted by Crippen LogP contribution is 2.26. The lowest BCUT2D eigenvalue weighted by Crippen LogP contribution is -2.20. The van der Waals surface area contributed by atoms with Gasteiger partial charge in [-0.1, -0.05) is 11.6 Å². The number of methoxy groups -OCH3 is 1.